The Kier molecular flexibility index (Phi) is 7.83. The smallest absolute Gasteiger partial charge is 0.251 e. The first-order chi connectivity index (χ1) is 15.7. The zero-order chi connectivity index (χ0) is 24.0. The van der Waals surface area contributed by atoms with E-state index < -0.39 is 6.04 Å². The topological polar surface area (TPSA) is 76.4 Å². The highest BCUT2D eigenvalue weighted by Gasteiger charge is 2.27. The molecule has 7 heteroatoms. The van der Waals surface area contributed by atoms with Crippen molar-refractivity contribution in [2.75, 3.05) is 32.7 Å². The standard InChI is InChI=1S/C26H31FN4O2/c1-26(2,3)21-8-4-20(5-9-21)25(33)29-13-12-24(32)31-16-14-30(15-17-31)23(18-28)19-6-10-22(27)11-7-19/h4-11,23H,12-17H2,1-3H3,(H,29,33). The van der Waals surface area contributed by atoms with Gasteiger partial charge in [-0.05, 0) is 40.8 Å². The number of nitrogens with one attached hydrogen (secondary N) is 1. The predicted molar refractivity (Wildman–Crippen MR) is 125 cm³/mol. The van der Waals surface area contributed by atoms with Gasteiger partial charge in [-0.2, -0.15) is 5.26 Å². The number of carbonyl (C=O) groups excluding carboxylic acids is 2. The molecule has 0 saturated carbocycles. The van der Waals surface area contributed by atoms with Crippen molar-refractivity contribution in [2.45, 2.75) is 38.6 Å². The minimum absolute atomic E-state index is 0.0201. The monoisotopic (exact) mass is 450 g/mol. The number of hydrogen-bond acceptors (Lipinski definition) is 4. The van der Waals surface area contributed by atoms with Crippen molar-refractivity contribution >= 4 is 11.8 Å². The molecule has 2 aromatic carbocycles. The Hall–Kier alpha value is -3.24. The van der Waals surface area contributed by atoms with E-state index in [1.807, 2.05) is 29.2 Å². The molecule has 0 bridgehead atoms. The molecule has 0 radical (unpaired) electrons. The molecule has 1 fully saturated rings. The van der Waals surface area contributed by atoms with E-state index in [1.165, 1.54) is 12.1 Å². The van der Waals surface area contributed by atoms with Crippen molar-refractivity contribution in [3.63, 3.8) is 0 Å². The third-order valence-corrected chi connectivity index (χ3v) is 5.98. The highest BCUT2D eigenvalue weighted by molar-refractivity contribution is 5.94. The minimum Gasteiger partial charge on any atom is -0.352 e. The van der Waals surface area contributed by atoms with Gasteiger partial charge in [0.25, 0.3) is 5.91 Å². The number of halogens is 1. The molecule has 1 N–H and O–H groups in total. The van der Waals surface area contributed by atoms with Crippen LogP contribution in [-0.2, 0) is 10.2 Å². The maximum absolute atomic E-state index is 13.2. The summed E-state index contributed by atoms with van der Waals surface area (Å²) in [5.74, 6) is -0.544. The van der Waals surface area contributed by atoms with Crippen LogP contribution in [0.15, 0.2) is 48.5 Å². The molecule has 174 valence electrons. The van der Waals surface area contributed by atoms with Gasteiger partial charge < -0.3 is 10.2 Å². The number of nitrogens with zero attached hydrogens (tertiary/aromatic N) is 3. The summed E-state index contributed by atoms with van der Waals surface area (Å²) in [7, 11) is 0. The first-order valence-electron chi connectivity index (χ1n) is 11.2. The van der Waals surface area contributed by atoms with Gasteiger partial charge >= 0.3 is 0 Å². The largest absolute Gasteiger partial charge is 0.352 e. The first kappa shape index (κ1) is 24.4. The van der Waals surface area contributed by atoms with Gasteiger partial charge in [-0.15, -0.1) is 0 Å². The molecular weight excluding hydrogens is 419 g/mol. The van der Waals surface area contributed by atoms with Crippen molar-refractivity contribution in [1.29, 1.82) is 5.26 Å². The van der Waals surface area contributed by atoms with E-state index >= 15 is 0 Å². The molecule has 6 nitrogen and oxygen atoms in total. The Labute approximate surface area is 195 Å². The predicted octanol–water partition coefficient (Wildman–Crippen LogP) is 3.65. The highest BCUT2D eigenvalue weighted by atomic mass is 19.1. The zero-order valence-corrected chi connectivity index (χ0v) is 19.5. The van der Waals surface area contributed by atoms with Crippen molar-refractivity contribution < 1.29 is 14.0 Å². The van der Waals surface area contributed by atoms with Gasteiger partial charge in [-0.3, -0.25) is 14.5 Å². The summed E-state index contributed by atoms with van der Waals surface area (Å²) >= 11 is 0. The Morgan fingerprint density at radius 1 is 1.03 bits per heavy atom. The summed E-state index contributed by atoms with van der Waals surface area (Å²) in [4.78, 5) is 28.7. The third-order valence-electron chi connectivity index (χ3n) is 5.98. The zero-order valence-electron chi connectivity index (χ0n) is 19.5. The number of benzene rings is 2. The molecule has 1 heterocycles. The van der Waals surface area contributed by atoms with Crippen LogP contribution in [0.3, 0.4) is 0 Å². The van der Waals surface area contributed by atoms with Crippen LogP contribution in [0.5, 0.6) is 0 Å². The SMILES string of the molecule is CC(C)(C)c1ccc(C(=O)NCCC(=O)N2CCN(C(C#N)c3ccc(F)cc3)CC2)cc1. The summed E-state index contributed by atoms with van der Waals surface area (Å²) < 4.78 is 13.2. The average molecular weight is 451 g/mol. The van der Waals surface area contributed by atoms with Gasteiger partial charge in [0.05, 0.1) is 6.07 Å². The van der Waals surface area contributed by atoms with E-state index in [-0.39, 0.29) is 36.0 Å². The van der Waals surface area contributed by atoms with Crippen LogP contribution in [-0.4, -0.2) is 54.3 Å². The lowest BCUT2D eigenvalue weighted by molar-refractivity contribution is -0.133. The molecule has 2 aromatic rings. The van der Waals surface area contributed by atoms with Crippen LogP contribution >= 0.6 is 0 Å². The summed E-state index contributed by atoms with van der Waals surface area (Å²) in [5.41, 5.74) is 2.51. The fourth-order valence-corrected chi connectivity index (χ4v) is 3.91. The number of nitriles is 1. The van der Waals surface area contributed by atoms with Crippen molar-refractivity contribution in [3.05, 3.63) is 71.0 Å². The van der Waals surface area contributed by atoms with Crippen LogP contribution < -0.4 is 5.32 Å². The fraction of sp³-hybridized carbons (Fsp3) is 0.423. The second-order valence-corrected chi connectivity index (χ2v) is 9.33. The van der Waals surface area contributed by atoms with E-state index in [4.69, 9.17) is 0 Å². The van der Waals surface area contributed by atoms with Crippen LogP contribution in [0.1, 0.15) is 54.7 Å². The molecule has 1 unspecified atom stereocenters. The molecular formula is C26H31FN4O2. The van der Waals surface area contributed by atoms with E-state index in [2.05, 4.69) is 32.2 Å². The summed E-state index contributed by atoms with van der Waals surface area (Å²) in [6.45, 7) is 8.79. The molecule has 2 amide bonds. The van der Waals surface area contributed by atoms with E-state index in [1.54, 1.807) is 17.0 Å². The Morgan fingerprint density at radius 3 is 2.18 bits per heavy atom. The number of hydrogen-bond donors (Lipinski definition) is 1. The lowest BCUT2D eigenvalue weighted by Crippen LogP contribution is -2.50. The van der Waals surface area contributed by atoms with E-state index in [0.717, 1.165) is 11.1 Å². The molecule has 0 aliphatic carbocycles. The van der Waals surface area contributed by atoms with Gasteiger partial charge in [0, 0.05) is 44.7 Å². The van der Waals surface area contributed by atoms with Gasteiger partial charge in [0.15, 0.2) is 0 Å². The van der Waals surface area contributed by atoms with Crippen LogP contribution in [0.2, 0.25) is 0 Å². The molecule has 1 atom stereocenters. The van der Waals surface area contributed by atoms with Crippen LogP contribution in [0, 0.1) is 17.1 Å². The number of amides is 2. The Bertz CT molecular complexity index is 999. The summed E-state index contributed by atoms with van der Waals surface area (Å²) in [6, 6.07) is 15.3. The lowest BCUT2D eigenvalue weighted by Gasteiger charge is -2.37. The Balaban J connectivity index is 1.44. The van der Waals surface area contributed by atoms with E-state index in [9.17, 15) is 19.2 Å². The quantitative estimate of drug-likeness (QED) is 0.729. The molecule has 0 spiro atoms. The Morgan fingerprint density at radius 2 is 1.64 bits per heavy atom. The van der Waals surface area contributed by atoms with Crippen molar-refractivity contribution in [1.82, 2.24) is 15.1 Å². The van der Waals surface area contributed by atoms with Gasteiger partial charge in [0.2, 0.25) is 5.91 Å². The normalized spacial score (nSPS) is 15.5. The summed E-state index contributed by atoms with van der Waals surface area (Å²) in [6.07, 6.45) is 0.228. The van der Waals surface area contributed by atoms with E-state index in [0.29, 0.717) is 31.7 Å². The van der Waals surface area contributed by atoms with Gasteiger partial charge in [0.1, 0.15) is 11.9 Å². The van der Waals surface area contributed by atoms with Gasteiger partial charge in [-0.1, -0.05) is 45.0 Å². The van der Waals surface area contributed by atoms with Crippen LogP contribution in [0.4, 0.5) is 4.39 Å². The highest BCUT2D eigenvalue weighted by Crippen LogP contribution is 2.23. The van der Waals surface area contributed by atoms with Gasteiger partial charge in [-0.25, -0.2) is 4.39 Å². The minimum atomic E-state index is -0.466. The van der Waals surface area contributed by atoms with Crippen molar-refractivity contribution in [2.24, 2.45) is 0 Å². The molecule has 33 heavy (non-hydrogen) atoms. The number of carbonyl (C=O) groups is 2. The molecule has 1 aliphatic rings. The maximum atomic E-state index is 13.2. The second kappa shape index (κ2) is 10.6. The second-order valence-electron chi connectivity index (χ2n) is 9.33. The maximum Gasteiger partial charge on any atom is 0.251 e. The molecule has 1 saturated heterocycles. The molecule has 0 aromatic heterocycles. The first-order valence-corrected chi connectivity index (χ1v) is 11.2. The average Bonchev–Trinajstić information content (AvgIpc) is 2.80. The number of piperazine rings is 1. The summed E-state index contributed by atoms with van der Waals surface area (Å²) in [5, 5.41) is 12.4. The van der Waals surface area contributed by atoms with Crippen molar-refractivity contribution in [3.8, 4) is 6.07 Å². The third kappa shape index (κ3) is 6.39. The molecule has 1 aliphatic heterocycles. The fourth-order valence-electron chi connectivity index (χ4n) is 3.91. The lowest BCUT2D eigenvalue weighted by atomic mass is 9.87. The number of rotatable bonds is 6. The molecule has 3 rings (SSSR count). The van der Waals surface area contributed by atoms with Crippen LogP contribution in [0.25, 0.3) is 0 Å².